The molecule has 0 radical (unpaired) electrons. The summed E-state index contributed by atoms with van der Waals surface area (Å²) in [5, 5.41) is 0. The van der Waals surface area contributed by atoms with Crippen LogP contribution in [-0.2, 0) is 5.41 Å². The number of hydrogen-bond acceptors (Lipinski definition) is 1. The van der Waals surface area contributed by atoms with Crippen molar-refractivity contribution >= 4 is 6.98 Å². The molecule has 20 heavy (non-hydrogen) atoms. The zero-order chi connectivity index (χ0) is 15.6. The van der Waals surface area contributed by atoms with E-state index in [9.17, 15) is 12.9 Å². The van der Waals surface area contributed by atoms with Gasteiger partial charge < -0.3 is 17.7 Å². The largest absolute Gasteiger partial charge is 0.522 e. The molecule has 114 valence electrons. The zero-order valence-electron chi connectivity index (χ0n) is 12.8. The van der Waals surface area contributed by atoms with E-state index >= 15 is 0 Å². The Labute approximate surface area is 119 Å². The van der Waals surface area contributed by atoms with E-state index in [-0.39, 0.29) is 16.6 Å². The standard InChI is InChI=1S/C15H23BF3O/c1-14(2,3)10-15(4,5)12-6-8-13(9-7-12)20-11-16(17,18)19/h6-9H,10-11H2,1-5H3/q-1. The summed E-state index contributed by atoms with van der Waals surface area (Å²) in [5.41, 5.74) is 1.28. The molecule has 0 bridgehead atoms. The van der Waals surface area contributed by atoms with Gasteiger partial charge in [-0.1, -0.05) is 46.8 Å². The molecule has 0 unspecified atom stereocenters. The summed E-state index contributed by atoms with van der Waals surface area (Å²) in [6, 6.07) is 6.93. The fourth-order valence-corrected chi connectivity index (χ4v) is 2.62. The Balaban J connectivity index is 2.75. The van der Waals surface area contributed by atoms with E-state index in [4.69, 9.17) is 4.74 Å². The third-order valence-corrected chi connectivity index (χ3v) is 3.05. The second-order valence-electron chi connectivity index (χ2n) is 7.17. The molecule has 0 saturated heterocycles. The molecule has 0 aliphatic carbocycles. The summed E-state index contributed by atoms with van der Waals surface area (Å²) >= 11 is 0. The summed E-state index contributed by atoms with van der Waals surface area (Å²) in [4.78, 5) is 0. The molecule has 1 rings (SSSR count). The van der Waals surface area contributed by atoms with Gasteiger partial charge in [-0.3, -0.25) is 0 Å². The van der Waals surface area contributed by atoms with E-state index in [1.807, 2.05) is 12.1 Å². The molecule has 0 heterocycles. The Morgan fingerprint density at radius 2 is 1.45 bits per heavy atom. The van der Waals surface area contributed by atoms with Crippen LogP contribution in [0.2, 0.25) is 0 Å². The van der Waals surface area contributed by atoms with Crippen LogP contribution >= 0.6 is 0 Å². The lowest BCUT2D eigenvalue weighted by atomic mass is 9.72. The number of hydrogen-bond donors (Lipinski definition) is 0. The average molecular weight is 287 g/mol. The number of rotatable bonds is 5. The fourth-order valence-electron chi connectivity index (χ4n) is 2.62. The number of ether oxygens (including phenoxy) is 1. The normalized spacial score (nSPS) is 13.4. The first kappa shape index (κ1) is 16.9. The maximum atomic E-state index is 12.1. The Hall–Kier alpha value is -1.13. The second-order valence-corrected chi connectivity index (χ2v) is 7.17. The van der Waals surface area contributed by atoms with Crippen molar-refractivity contribution in [1.82, 2.24) is 0 Å². The highest BCUT2D eigenvalue weighted by Gasteiger charge is 2.27. The lowest BCUT2D eigenvalue weighted by molar-refractivity contribution is 0.283. The maximum Gasteiger partial charge on any atom is 0.515 e. The van der Waals surface area contributed by atoms with Crippen molar-refractivity contribution < 1.29 is 17.7 Å². The zero-order valence-corrected chi connectivity index (χ0v) is 12.8. The van der Waals surface area contributed by atoms with Gasteiger partial charge in [-0.15, -0.1) is 0 Å². The van der Waals surface area contributed by atoms with Crippen LogP contribution in [0.25, 0.3) is 0 Å². The maximum absolute atomic E-state index is 12.1. The summed E-state index contributed by atoms with van der Waals surface area (Å²) in [7, 11) is 0. The van der Waals surface area contributed by atoms with Gasteiger partial charge in [0.15, 0.2) is 0 Å². The Morgan fingerprint density at radius 1 is 0.950 bits per heavy atom. The summed E-state index contributed by atoms with van der Waals surface area (Å²) < 4.78 is 41.1. The lowest BCUT2D eigenvalue weighted by Crippen LogP contribution is -2.26. The Bertz CT molecular complexity index is 430. The first-order chi connectivity index (χ1) is 8.89. The first-order valence-electron chi connectivity index (χ1n) is 6.83. The van der Waals surface area contributed by atoms with Gasteiger partial charge >= 0.3 is 6.98 Å². The Kier molecular flexibility index (Phi) is 4.83. The molecular formula is C15H23BF3O-. The lowest BCUT2D eigenvalue weighted by Gasteiger charge is -2.33. The Morgan fingerprint density at radius 3 is 1.85 bits per heavy atom. The fraction of sp³-hybridized carbons (Fsp3) is 0.600. The smallest absolute Gasteiger partial charge is 0.515 e. The molecule has 1 aromatic carbocycles. The quantitative estimate of drug-likeness (QED) is 0.679. The van der Waals surface area contributed by atoms with Crippen molar-refractivity contribution in [2.75, 3.05) is 6.51 Å². The molecular weight excluding hydrogens is 264 g/mol. The van der Waals surface area contributed by atoms with Crippen LogP contribution in [0.1, 0.15) is 46.6 Å². The SMILES string of the molecule is CC(C)(C)CC(C)(C)c1ccc(OC[B-](F)(F)F)cc1. The highest BCUT2D eigenvalue weighted by molar-refractivity contribution is 6.58. The van der Waals surface area contributed by atoms with Crippen LogP contribution < -0.4 is 4.74 Å². The highest BCUT2D eigenvalue weighted by atomic mass is 19.4. The van der Waals surface area contributed by atoms with E-state index in [1.54, 1.807) is 12.1 Å². The van der Waals surface area contributed by atoms with Gasteiger partial charge in [-0.05, 0) is 34.9 Å². The molecule has 0 N–H and O–H groups in total. The van der Waals surface area contributed by atoms with Gasteiger partial charge in [0.25, 0.3) is 0 Å². The van der Waals surface area contributed by atoms with Gasteiger partial charge in [0.1, 0.15) is 5.75 Å². The van der Waals surface area contributed by atoms with Crippen LogP contribution in [-0.4, -0.2) is 13.5 Å². The monoisotopic (exact) mass is 287 g/mol. The van der Waals surface area contributed by atoms with Gasteiger partial charge in [0, 0.05) is 0 Å². The van der Waals surface area contributed by atoms with Crippen molar-refractivity contribution in [1.29, 1.82) is 0 Å². The van der Waals surface area contributed by atoms with Crippen LogP contribution in [0.5, 0.6) is 5.75 Å². The predicted octanol–water partition coefficient (Wildman–Crippen LogP) is 5.17. The summed E-state index contributed by atoms with van der Waals surface area (Å²) in [6.45, 7) is 4.73. The topological polar surface area (TPSA) is 9.23 Å². The molecule has 0 aliphatic heterocycles. The minimum atomic E-state index is -4.91. The highest BCUT2D eigenvalue weighted by Crippen LogP contribution is 2.36. The van der Waals surface area contributed by atoms with E-state index in [0.29, 0.717) is 0 Å². The third kappa shape index (κ3) is 5.89. The van der Waals surface area contributed by atoms with Crippen LogP contribution in [0.3, 0.4) is 0 Å². The average Bonchev–Trinajstić information content (AvgIpc) is 2.22. The number of halogens is 3. The molecule has 0 aromatic heterocycles. The summed E-state index contributed by atoms with van der Waals surface area (Å²) in [5.74, 6) is 0.263. The molecule has 0 fully saturated rings. The second kappa shape index (κ2) is 5.70. The van der Waals surface area contributed by atoms with Crippen molar-refractivity contribution in [3.05, 3.63) is 29.8 Å². The van der Waals surface area contributed by atoms with E-state index in [1.165, 1.54) is 0 Å². The molecule has 1 nitrogen and oxygen atoms in total. The van der Waals surface area contributed by atoms with Gasteiger partial charge in [0.05, 0.1) is 6.51 Å². The molecule has 0 amide bonds. The molecule has 5 heteroatoms. The van der Waals surface area contributed by atoms with Crippen molar-refractivity contribution in [2.45, 2.75) is 46.5 Å². The predicted molar refractivity (Wildman–Crippen MR) is 78.1 cm³/mol. The van der Waals surface area contributed by atoms with Crippen molar-refractivity contribution in [3.8, 4) is 5.75 Å². The molecule has 0 saturated carbocycles. The molecule has 1 aromatic rings. The van der Waals surface area contributed by atoms with E-state index in [0.717, 1.165) is 12.0 Å². The third-order valence-electron chi connectivity index (χ3n) is 3.05. The molecule has 0 aliphatic rings. The van der Waals surface area contributed by atoms with Crippen molar-refractivity contribution in [2.24, 2.45) is 5.41 Å². The van der Waals surface area contributed by atoms with Crippen LogP contribution in [0, 0.1) is 5.41 Å². The van der Waals surface area contributed by atoms with E-state index < -0.39 is 13.5 Å². The number of benzene rings is 1. The van der Waals surface area contributed by atoms with E-state index in [2.05, 4.69) is 34.6 Å². The van der Waals surface area contributed by atoms with Gasteiger partial charge in [-0.2, -0.15) is 0 Å². The first-order valence-corrected chi connectivity index (χ1v) is 6.83. The minimum absolute atomic E-state index is 0.0231. The summed E-state index contributed by atoms with van der Waals surface area (Å²) in [6.07, 6.45) is 0.992. The van der Waals surface area contributed by atoms with Gasteiger partial charge in [0.2, 0.25) is 0 Å². The van der Waals surface area contributed by atoms with Crippen molar-refractivity contribution in [3.63, 3.8) is 0 Å². The van der Waals surface area contributed by atoms with Gasteiger partial charge in [-0.25, -0.2) is 0 Å². The minimum Gasteiger partial charge on any atom is -0.522 e. The molecule has 0 atom stereocenters. The van der Waals surface area contributed by atoms with Crippen LogP contribution in [0.15, 0.2) is 24.3 Å². The van der Waals surface area contributed by atoms with Crippen LogP contribution in [0.4, 0.5) is 12.9 Å². The molecule has 0 spiro atoms.